The number of sulfonamides is 1. The third-order valence-electron chi connectivity index (χ3n) is 4.03. The monoisotopic (exact) mass is 376 g/mol. The van der Waals surface area contributed by atoms with Gasteiger partial charge in [-0.2, -0.15) is 4.72 Å². The van der Waals surface area contributed by atoms with Gasteiger partial charge >= 0.3 is 0 Å². The van der Waals surface area contributed by atoms with Crippen molar-refractivity contribution in [2.45, 2.75) is 38.6 Å². The highest BCUT2D eigenvalue weighted by Crippen LogP contribution is 2.19. The van der Waals surface area contributed by atoms with E-state index >= 15 is 0 Å². The molecule has 1 atom stereocenters. The zero-order chi connectivity index (χ0) is 19.3. The summed E-state index contributed by atoms with van der Waals surface area (Å²) in [4.78, 5) is 12.4. The van der Waals surface area contributed by atoms with Gasteiger partial charge in [0.05, 0.1) is 17.5 Å². The van der Waals surface area contributed by atoms with Gasteiger partial charge in [0.25, 0.3) is 0 Å². The van der Waals surface area contributed by atoms with Crippen LogP contribution in [0.1, 0.15) is 25.0 Å². The predicted octanol–water partition coefficient (Wildman–Crippen LogP) is 3.01. The Hall–Kier alpha value is -2.38. The van der Waals surface area contributed by atoms with E-state index in [0.717, 1.165) is 11.1 Å². The number of ether oxygens (including phenoxy) is 1. The van der Waals surface area contributed by atoms with E-state index in [2.05, 4.69) is 10.0 Å². The molecule has 1 amide bonds. The van der Waals surface area contributed by atoms with E-state index < -0.39 is 22.0 Å². The van der Waals surface area contributed by atoms with Crippen LogP contribution in [0, 0.1) is 13.8 Å². The number of benzene rings is 2. The highest BCUT2D eigenvalue weighted by molar-refractivity contribution is 7.89. The van der Waals surface area contributed by atoms with Gasteiger partial charge < -0.3 is 10.1 Å². The molecular weight excluding hydrogens is 352 g/mol. The number of rotatable bonds is 7. The van der Waals surface area contributed by atoms with Crippen molar-refractivity contribution in [2.75, 3.05) is 11.9 Å². The molecule has 0 saturated carbocycles. The summed E-state index contributed by atoms with van der Waals surface area (Å²) in [6.45, 7) is 7.71. The van der Waals surface area contributed by atoms with Crippen molar-refractivity contribution in [1.29, 1.82) is 0 Å². The fourth-order valence-corrected chi connectivity index (χ4v) is 3.57. The van der Waals surface area contributed by atoms with Crippen LogP contribution in [-0.4, -0.2) is 27.0 Å². The second kappa shape index (κ2) is 8.33. The third-order valence-corrected chi connectivity index (χ3v) is 5.59. The maximum absolute atomic E-state index is 12.5. The van der Waals surface area contributed by atoms with Gasteiger partial charge in [-0.1, -0.05) is 12.1 Å². The lowest BCUT2D eigenvalue weighted by molar-refractivity contribution is -0.117. The summed E-state index contributed by atoms with van der Waals surface area (Å²) in [7, 11) is -3.81. The van der Waals surface area contributed by atoms with Crippen LogP contribution in [0.25, 0.3) is 0 Å². The second-order valence-electron chi connectivity index (χ2n) is 5.98. The second-order valence-corrected chi connectivity index (χ2v) is 7.70. The zero-order valence-corrected chi connectivity index (χ0v) is 16.2. The Labute approximate surface area is 154 Å². The average Bonchev–Trinajstić information content (AvgIpc) is 2.59. The molecule has 0 saturated heterocycles. The van der Waals surface area contributed by atoms with Gasteiger partial charge in [0.2, 0.25) is 15.9 Å². The molecule has 0 aliphatic heterocycles. The fraction of sp³-hybridized carbons (Fsp3) is 0.316. The molecule has 7 heteroatoms. The summed E-state index contributed by atoms with van der Waals surface area (Å²) < 4.78 is 32.6. The minimum Gasteiger partial charge on any atom is -0.494 e. The molecule has 0 aliphatic rings. The van der Waals surface area contributed by atoms with Crippen LogP contribution >= 0.6 is 0 Å². The van der Waals surface area contributed by atoms with Gasteiger partial charge in [-0.3, -0.25) is 4.79 Å². The topological polar surface area (TPSA) is 84.5 Å². The van der Waals surface area contributed by atoms with E-state index in [9.17, 15) is 13.2 Å². The van der Waals surface area contributed by atoms with Gasteiger partial charge in [-0.15, -0.1) is 0 Å². The van der Waals surface area contributed by atoms with Crippen molar-refractivity contribution in [3.8, 4) is 5.75 Å². The summed E-state index contributed by atoms with van der Waals surface area (Å²) in [6.07, 6.45) is 0. The number of aryl methyl sites for hydroxylation is 1. The summed E-state index contributed by atoms with van der Waals surface area (Å²) >= 11 is 0. The first-order valence-electron chi connectivity index (χ1n) is 8.37. The summed E-state index contributed by atoms with van der Waals surface area (Å²) in [5, 5.41) is 2.76. The van der Waals surface area contributed by atoms with Crippen LogP contribution in [-0.2, 0) is 14.8 Å². The highest BCUT2D eigenvalue weighted by Gasteiger charge is 2.22. The molecule has 0 heterocycles. The molecule has 0 radical (unpaired) electrons. The largest absolute Gasteiger partial charge is 0.494 e. The first-order valence-corrected chi connectivity index (χ1v) is 9.85. The molecule has 26 heavy (non-hydrogen) atoms. The van der Waals surface area contributed by atoms with Gasteiger partial charge in [0.1, 0.15) is 5.75 Å². The van der Waals surface area contributed by atoms with Crippen LogP contribution in [0.3, 0.4) is 0 Å². The smallest absolute Gasteiger partial charge is 0.242 e. The minimum absolute atomic E-state index is 0.0762. The Morgan fingerprint density at radius 2 is 1.77 bits per heavy atom. The predicted molar refractivity (Wildman–Crippen MR) is 102 cm³/mol. The molecule has 6 nitrogen and oxygen atoms in total. The van der Waals surface area contributed by atoms with Crippen molar-refractivity contribution in [1.82, 2.24) is 4.72 Å². The third kappa shape index (κ3) is 4.83. The van der Waals surface area contributed by atoms with Crippen molar-refractivity contribution in [3.63, 3.8) is 0 Å². The summed E-state index contributed by atoms with van der Waals surface area (Å²) in [5.41, 5.74) is 2.66. The number of carbonyl (C=O) groups is 1. The molecule has 2 aromatic carbocycles. The lowest BCUT2D eigenvalue weighted by atomic mass is 10.1. The van der Waals surface area contributed by atoms with E-state index in [4.69, 9.17) is 4.74 Å². The Morgan fingerprint density at radius 1 is 1.12 bits per heavy atom. The number of carbonyl (C=O) groups excluding carboxylic acids is 1. The van der Waals surface area contributed by atoms with E-state index in [1.54, 1.807) is 18.2 Å². The first-order chi connectivity index (χ1) is 12.2. The molecule has 0 aromatic heterocycles. The van der Waals surface area contributed by atoms with E-state index in [1.165, 1.54) is 19.1 Å². The number of hydrogen-bond donors (Lipinski definition) is 2. The molecule has 0 bridgehead atoms. The van der Waals surface area contributed by atoms with E-state index in [-0.39, 0.29) is 4.90 Å². The molecule has 0 aliphatic carbocycles. The van der Waals surface area contributed by atoms with Gasteiger partial charge in [-0.25, -0.2) is 8.42 Å². The maximum Gasteiger partial charge on any atom is 0.242 e. The van der Waals surface area contributed by atoms with E-state index in [0.29, 0.717) is 18.0 Å². The molecule has 2 N–H and O–H groups in total. The van der Waals surface area contributed by atoms with E-state index in [1.807, 2.05) is 32.9 Å². The Morgan fingerprint density at radius 3 is 2.38 bits per heavy atom. The maximum atomic E-state index is 12.5. The molecular formula is C19H24N2O4S. The Balaban J connectivity index is 2.08. The SMILES string of the molecule is CCOc1ccc(S(=O)(=O)N[C@H](C)C(=O)Nc2cccc(C)c2C)cc1. The van der Waals surface area contributed by atoms with Crippen LogP contribution < -0.4 is 14.8 Å². The number of amides is 1. The molecule has 0 unspecified atom stereocenters. The number of anilines is 1. The fourth-order valence-electron chi connectivity index (χ4n) is 2.36. The number of hydrogen-bond acceptors (Lipinski definition) is 4. The Bertz CT molecular complexity index is 877. The summed E-state index contributed by atoms with van der Waals surface area (Å²) in [5.74, 6) is 0.167. The van der Waals surface area contributed by atoms with Crippen molar-refractivity contribution in [2.24, 2.45) is 0 Å². The van der Waals surface area contributed by atoms with Crippen LogP contribution in [0.2, 0.25) is 0 Å². The highest BCUT2D eigenvalue weighted by atomic mass is 32.2. The number of nitrogens with one attached hydrogen (secondary N) is 2. The molecule has 140 valence electrons. The van der Waals surface area contributed by atoms with Gasteiger partial charge in [-0.05, 0) is 69.2 Å². The van der Waals surface area contributed by atoms with Crippen LogP contribution in [0.4, 0.5) is 5.69 Å². The van der Waals surface area contributed by atoms with Crippen LogP contribution in [0.15, 0.2) is 47.4 Å². The molecule has 2 aromatic rings. The van der Waals surface area contributed by atoms with Crippen molar-refractivity contribution < 1.29 is 17.9 Å². The first kappa shape index (κ1) is 19.9. The lowest BCUT2D eigenvalue weighted by Crippen LogP contribution is -2.41. The van der Waals surface area contributed by atoms with Crippen molar-refractivity contribution >= 4 is 21.6 Å². The lowest BCUT2D eigenvalue weighted by Gasteiger charge is -2.16. The van der Waals surface area contributed by atoms with Crippen molar-refractivity contribution in [3.05, 3.63) is 53.6 Å². The van der Waals surface area contributed by atoms with Gasteiger partial charge in [0.15, 0.2) is 0 Å². The summed E-state index contributed by atoms with van der Waals surface area (Å²) in [6, 6.07) is 10.7. The molecule has 0 spiro atoms. The quantitative estimate of drug-likeness (QED) is 0.778. The standard InChI is InChI=1S/C19H24N2O4S/c1-5-25-16-9-11-17(12-10-16)26(23,24)21-15(4)19(22)20-18-8-6-7-13(2)14(18)3/h6-12,15,21H,5H2,1-4H3,(H,20,22)/t15-/m1/s1. The average molecular weight is 376 g/mol. The Kier molecular flexibility index (Phi) is 6.39. The molecule has 0 fully saturated rings. The van der Waals surface area contributed by atoms with Gasteiger partial charge in [0, 0.05) is 5.69 Å². The van der Waals surface area contributed by atoms with Crippen LogP contribution in [0.5, 0.6) is 5.75 Å². The minimum atomic E-state index is -3.81. The zero-order valence-electron chi connectivity index (χ0n) is 15.4. The molecule has 2 rings (SSSR count). The normalized spacial score (nSPS) is 12.5.